The Balaban J connectivity index is 0.000000574. The van der Waals surface area contributed by atoms with Crippen molar-refractivity contribution in [1.29, 1.82) is 0 Å². The summed E-state index contributed by atoms with van der Waals surface area (Å²) in [5.74, 6) is 1.03. The van der Waals surface area contributed by atoms with Gasteiger partial charge < -0.3 is 10.0 Å². The highest BCUT2D eigenvalue weighted by Gasteiger charge is 2.44. The first kappa shape index (κ1) is 14.3. The maximum Gasteiger partial charge on any atom is 0.0319 e. The molecule has 3 fully saturated rings. The van der Waals surface area contributed by atoms with Crippen molar-refractivity contribution in [2.24, 2.45) is 11.3 Å². The monoisotopic (exact) mass is 253 g/mol. The van der Waals surface area contributed by atoms with Crippen LogP contribution >= 0.6 is 0 Å². The van der Waals surface area contributed by atoms with E-state index in [4.69, 9.17) is 5.11 Å². The molecule has 0 radical (unpaired) electrons. The van der Waals surface area contributed by atoms with Gasteiger partial charge >= 0.3 is 0 Å². The first-order valence-corrected chi connectivity index (χ1v) is 7.96. The largest absolute Gasteiger partial charge is 0.400 e. The summed E-state index contributed by atoms with van der Waals surface area (Å²) >= 11 is 0. The summed E-state index contributed by atoms with van der Waals surface area (Å²) in [5, 5.41) is 7.00. The topological polar surface area (TPSA) is 23.5 Å². The van der Waals surface area contributed by atoms with Crippen molar-refractivity contribution < 1.29 is 5.11 Å². The van der Waals surface area contributed by atoms with Crippen molar-refractivity contribution in [3.05, 3.63) is 0 Å². The highest BCUT2D eigenvalue weighted by Crippen LogP contribution is 2.52. The Morgan fingerprint density at radius 3 is 2.00 bits per heavy atom. The zero-order valence-electron chi connectivity index (χ0n) is 12.3. The van der Waals surface area contributed by atoms with Gasteiger partial charge in [0.1, 0.15) is 0 Å². The Morgan fingerprint density at radius 2 is 1.50 bits per heavy atom. The molecule has 1 spiro atoms. The lowest BCUT2D eigenvalue weighted by atomic mass is 9.58. The molecule has 0 aromatic rings. The highest BCUT2D eigenvalue weighted by atomic mass is 16.2. The third kappa shape index (κ3) is 3.08. The van der Waals surface area contributed by atoms with Gasteiger partial charge in [0, 0.05) is 13.2 Å². The van der Waals surface area contributed by atoms with E-state index in [9.17, 15) is 0 Å². The van der Waals surface area contributed by atoms with Crippen LogP contribution in [0.2, 0.25) is 0 Å². The first-order chi connectivity index (χ1) is 8.77. The average molecular weight is 253 g/mol. The zero-order valence-corrected chi connectivity index (χ0v) is 12.3. The Morgan fingerprint density at radius 1 is 0.944 bits per heavy atom. The van der Waals surface area contributed by atoms with Gasteiger partial charge in [-0.25, -0.2) is 0 Å². The number of rotatable bonds is 1. The lowest BCUT2D eigenvalue weighted by molar-refractivity contribution is -0.0222. The molecule has 2 aliphatic carbocycles. The molecule has 0 unspecified atom stereocenters. The molecule has 0 amide bonds. The minimum Gasteiger partial charge on any atom is -0.400 e. The molecular weight excluding hydrogens is 222 g/mol. The van der Waals surface area contributed by atoms with E-state index in [-0.39, 0.29) is 0 Å². The Bertz CT molecular complexity index is 231. The summed E-state index contributed by atoms with van der Waals surface area (Å²) in [6, 6.07) is 0.962. The van der Waals surface area contributed by atoms with Crippen LogP contribution in [-0.2, 0) is 0 Å². The molecule has 106 valence electrons. The third-order valence-electron chi connectivity index (χ3n) is 5.51. The Kier molecular flexibility index (Phi) is 5.08. The number of piperidine rings is 1. The van der Waals surface area contributed by atoms with E-state index in [1.54, 1.807) is 0 Å². The molecule has 2 saturated carbocycles. The SMILES string of the molecule is CC1CC2(CCN(C3CCCCC3)CC2)C1.CO. The fourth-order valence-electron chi connectivity index (χ4n) is 4.64. The summed E-state index contributed by atoms with van der Waals surface area (Å²) in [6.07, 6.45) is 13.5. The van der Waals surface area contributed by atoms with Crippen LogP contribution in [0.3, 0.4) is 0 Å². The predicted octanol–water partition coefficient (Wildman–Crippen LogP) is 3.44. The standard InChI is InChI=1S/C15H27N.CH4O/c1-13-11-15(12-13)7-9-16(10-8-15)14-5-3-2-4-6-14;1-2/h13-14H,2-12H2,1H3;2H,1H3. The lowest BCUT2D eigenvalue weighted by Crippen LogP contribution is -2.49. The van der Waals surface area contributed by atoms with E-state index >= 15 is 0 Å². The van der Waals surface area contributed by atoms with Crippen molar-refractivity contribution in [2.75, 3.05) is 20.2 Å². The molecule has 0 atom stereocenters. The first-order valence-electron chi connectivity index (χ1n) is 7.96. The molecule has 1 saturated heterocycles. The second kappa shape index (κ2) is 6.38. The van der Waals surface area contributed by atoms with Gasteiger partial charge in [0.15, 0.2) is 0 Å². The summed E-state index contributed by atoms with van der Waals surface area (Å²) in [7, 11) is 1.00. The van der Waals surface area contributed by atoms with Crippen LogP contribution < -0.4 is 0 Å². The normalized spacial score (nSPS) is 29.5. The fraction of sp³-hybridized carbons (Fsp3) is 1.00. The highest BCUT2D eigenvalue weighted by molar-refractivity contribution is 4.96. The van der Waals surface area contributed by atoms with Gasteiger partial charge in [0.25, 0.3) is 0 Å². The van der Waals surface area contributed by atoms with Crippen molar-refractivity contribution in [2.45, 2.75) is 70.8 Å². The van der Waals surface area contributed by atoms with Gasteiger partial charge in [-0.05, 0) is 62.9 Å². The van der Waals surface area contributed by atoms with Crippen molar-refractivity contribution in [3.63, 3.8) is 0 Å². The van der Waals surface area contributed by atoms with Crippen LogP contribution in [0.25, 0.3) is 0 Å². The minimum atomic E-state index is 0.810. The third-order valence-corrected chi connectivity index (χ3v) is 5.51. The van der Waals surface area contributed by atoms with Crippen molar-refractivity contribution in [3.8, 4) is 0 Å². The van der Waals surface area contributed by atoms with Crippen molar-refractivity contribution in [1.82, 2.24) is 4.90 Å². The number of hydrogen-bond acceptors (Lipinski definition) is 2. The van der Waals surface area contributed by atoms with Gasteiger partial charge in [0.05, 0.1) is 0 Å². The molecule has 1 heterocycles. The average Bonchev–Trinajstić information content (AvgIpc) is 2.41. The van der Waals surface area contributed by atoms with Crippen LogP contribution in [0.5, 0.6) is 0 Å². The van der Waals surface area contributed by atoms with Gasteiger partial charge in [-0.1, -0.05) is 26.2 Å². The van der Waals surface area contributed by atoms with E-state index in [0.29, 0.717) is 0 Å². The maximum atomic E-state index is 7.00. The molecule has 2 heteroatoms. The number of nitrogens with zero attached hydrogens (tertiary/aromatic N) is 1. The molecule has 0 aromatic carbocycles. The maximum absolute atomic E-state index is 7.00. The summed E-state index contributed by atoms with van der Waals surface area (Å²) in [5.41, 5.74) is 0.810. The Labute approximate surface area is 113 Å². The Hall–Kier alpha value is -0.0800. The molecule has 18 heavy (non-hydrogen) atoms. The molecule has 3 rings (SSSR count). The van der Waals surface area contributed by atoms with Crippen LogP contribution in [0, 0.1) is 11.3 Å². The second-order valence-electron chi connectivity index (χ2n) is 6.84. The van der Waals surface area contributed by atoms with Gasteiger partial charge in [-0.3, -0.25) is 0 Å². The quantitative estimate of drug-likeness (QED) is 0.774. The zero-order chi connectivity index (χ0) is 13.0. The van der Waals surface area contributed by atoms with E-state index in [1.165, 1.54) is 70.9 Å². The lowest BCUT2D eigenvalue weighted by Gasteiger charge is -2.53. The fourth-order valence-corrected chi connectivity index (χ4v) is 4.64. The number of aliphatic hydroxyl groups is 1. The van der Waals surface area contributed by atoms with Crippen LogP contribution in [0.15, 0.2) is 0 Å². The summed E-state index contributed by atoms with van der Waals surface area (Å²) < 4.78 is 0. The molecule has 0 bridgehead atoms. The van der Waals surface area contributed by atoms with E-state index in [1.807, 2.05) is 0 Å². The minimum absolute atomic E-state index is 0.810. The molecule has 1 aliphatic heterocycles. The molecule has 2 nitrogen and oxygen atoms in total. The van der Waals surface area contributed by atoms with Crippen LogP contribution in [0.4, 0.5) is 0 Å². The summed E-state index contributed by atoms with van der Waals surface area (Å²) in [6.45, 7) is 5.26. The summed E-state index contributed by atoms with van der Waals surface area (Å²) in [4.78, 5) is 2.83. The molecular formula is C16H31NO. The van der Waals surface area contributed by atoms with Gasteiger partial charge in [0.2, 0.25) is 0 Å². The van der Waals surface area contributed by atoms with Gasteiger partial charge in [-0.15, -0.1) is 0 Å². The van der Waals surface area contributed by atoms with Crippen molar-refractivity contribution >= 4 is 0 Å². The van der Waals surface area contributed by atoms with E-state index < -0.39 is 0 Å². The molecule has 1 N–H and O–H groups in total. The number of aliphatic hydroxyl groups excluding tert-OH is 1. The molecule has 0 aromatic heterocycles. The van der Waals surface area contributed by atoms with Crippen LogP contribution in [-0.4, -0.2) is 36.2 Å². The van der Waals surface area contributed by atoms with Gasteiger partial charge in [-0.2, -0.15) is 0 Å². The van der Waals surface area contributed by atoms with E-state index in [0.717, 1.165) is 24.5 Å². The predicted molar refractivity (Wildman–Crippen MR) is 76.7 cm³/mol. The molecule has 3 aliphatic rings. The van der Waals surface area contributed by atoms with E-state index in [2.05, 4.69) is 11.8 Å². The number of likely N-dealkylation sites (tertiary alicyclic amines) is 1. The van der Waals surface area contributed by atoms with Crippen LogP contribution in [0.1, 0.15) is 64.7 Å². The smallest absolute Gasteiger partial charge is 0.0319 e. The number of hydrogen-bond donors (Lipinski definition) is 1. The second-order valence-corrected chi connectivity index (χ2v) is 6.84.